The first-order valence-electron chi connectivity index (χ1n) is 6.15. The second-order valence-electron chi connectivity index (χ2n) is 4.32. The standard InChI is InChI=1S/C15H13N3O2/c1-20-11-5-2-4-10(8-11)17-15(19)12-6-3-7-14-13(12)9-16-18-14/h2-9H,1H3,(H,16,18)(H,17,19). The Kier molecular flexibility index (Phi) is 3.09. The summed E-state index contributed by atoms with van der Waals surface area (Å²) in [7, 11) is 1.59. The summed E-state index contributed by atoms with van der Waals surface area (Å²) in [5.41, 5.74) is 2.11. The molecule has 20 heavy (non-hydrogen) atoms. The fourth-order valence-electron chi connectivity index (χ4n) is 2.07. The van der Waals surface area contributed by atoms with E-state index in [4.69, 9.17) is 4.74 Å². The van der Waals surface area contributed by atoms with Crippen LogP contribution in [0, 0.1) is 0 Å². The molecule has 0 radical (unpaired) electrons. The van der Waals surface area contributed by atoms with Crippen LogP contribution < -0.4 is 10.1 Å². The second-order valence-corrected chi connectivity index (χ2v) is 4.32. The summed E-state index contributed by atoms with van der Waals surface area (Å²) in [6, 6.07) is 12.7. The lowest BCUT2D eigenvalue weighted by Crippen LogP contribution is -2.12. The van der Waals surface area contributed by atoms with Crippen molar-refractivity contribution < 1.29 is 9.53 Å². The maximum Gasteiger partial charge on any atom is 0.256 e. The molecule has 3 aromatic rings. The molecule has 5 nitrogen and oxygen atoms in total. The fraction of sp³-hybridized carbons (Fsp3) is 0.0667. The zero-order chi connectivity index (χ0) is 13.9. The fourth-order valence-corrected chi connectivity index (χ4v) is 2.07. The number of nitrogens with one attached hydrogen (secondary N) is 2. The van der Waals surface area contributed by atoms with E-state index in [1.807, 2.05) is 30.3 Å². The number of ether oxygens (including phenoxy) is 1. The van der Waals surface area contributed by atoms with Gasteiger partial charge in [-0.15, -0.1) is 0 Å². The van der Waals surface area contributed by atoms with Crippen molar-refractivity contribution in [1.82, 2.24) is 10.2 Å². The lowest BCUT2D eigenvalue weighted by atomic mass is 10.1. The summed E-state index contributed by atoms with van der Waals surface area (Å²) in [5, 5.41) is 10.5. The molecular weight excluding hydrogens is 254 g/mol. The van der Waals surface area contributed by atoms with Crippen molar-refractivity contribution >= 4 is 22.5 Å². The van der Waals surface area contributed by atoms with E-state index in [-0.39, 0.29) is 5.91 Å². The van der Waals surface area contributed by atoms with E-state index in [0.29, 0.717) is 17.0 Å². The van der Waals surface area contributed by atoms with Crippen LogP contribution in [0.5, 0.6) is 5.75 Å². The number of amides is 1. The summed E-state index contributed by atoms with van der Waals surface area (Å²) in [6.45, 7) is 0. The Morgan fingerprint density at radius 3 is 2.95 bits per heavy atom. The van der Waals surface area contributed by atoms with Crippen molar-refractivity contribution in [3.8, 4) is 5.75 Å². The number of nitrogens with zero attached hydrogens (tertiary/aromatic N) is 1. The van der Waals surface area contributed by atoms with Crippen LogP contribution in [0.3, 0.4) is 0 Å². The van der Waals surface area contributed by atoms with Crippen LogP contribution in [0.25, 0.3) is 10.9 Å². The Hall–Kier alpha value is -2.82. The molecule has 0 aliphatic rings. The van der Waals surface area contributed by atoms with Gasteiger partial charge in [-0.3, -0.25) is 9.89 Å². The molecule has 2 aromatic carbocycles. The molecule has 0 bridgehead atoms. The Bertz CT molecular complexity index is 764. The number of hydrogen-bond acceptors (Lipinski definition) is 3. The SMILES string of the molecule is COc1cccc(NC(=O)c2cccc3[nH]ncc23)c1. The Labute approximate surface area is 115 Å². The number of rotatable bonds is 3. The molecule has 2 N–H and O–H groups in total. The van der Waals surface area contributed by atoms with E-state index in [0.717, 1.165) is 10.9 Å². The number of methoxy groups -OCH3 is 1. The number of fused-ring (bicyclic) bond motifs is 1. The van der Waals surface area contributed by atoms with Gasteiger partial charge >= 0.3 is 0 Å². The van der Waals surface area contributed by atoms with Crippen LogP contribution in [-0.4, -0.2) is 23.2 Å². The minimum atomic E-state index is -0.176. The van der Waals surface area contributed by atoms with Crippen LogP contribution in [0.2, 0.25) is 0 Å². The zero-order valence-electron chi connectivity index (χ0n) is 10.9. The molecule has 0 spiro atoms. The minimum absolute atomic E-state index is 0.176. The van der Waals surface area contributed by atoms with Gasteiger partial charge < -0.3 is 10.1 Å². The quantitative estimate of drug-likeness (QED) is 0.766. The first-order chi connectivity index (χ1) is 9.78. The average molecular weight is 267 g/mol. The maximum atomic E-state index is 12.3. The molecule has 1 heterocycles. The first kappa shape index (κ1) is 12.2. The first-order valence-corrected chi connectivity index (χ1v) is 6.15. The third-order valence-electron chi connectivity index (χ3n) is 3.06. The summed E-state index contributed by atoms with van der Waals surface area (Å²) < 4.78 is 5.13. The van der Waals surface area contributed by atoms with Gasteiger partial charge in [0.25, 0.3) is 5.91 Å². The normalized spacial score (nSPS) is 10.4. The largest absolute Gasteiger partial charge is 0.497 e. The van der Waals surface area contributed by atoms with Gasteiger partial charge in [0.15, 0.2) is 0 Å². The van der Waals surface area contributed by atoms with Crippen molar-refractivity contribution in [1.29, 1.82) is 0 Å². The van der Waals surface area contributed by atoms with E-state index in [2.05, 4.69) is 15.5 Å². The van der Waals surface area contributed by atoms with Gasteiger partial charge in [0.05, 0.1) is 24.4 Å². The predicted molar refractivity (Wildman–Crippen MR) is 77.0 cm³/mol. The molecule has 0 unspecified atom stereocenters. The van der Waals surface area contributed by atoms with Gasteiger partial charge in [-0.05, 0) is 24.3 Å². The van der Waals surface area contributed by atoms with E-state index >= 15 is 0 Å². The summed E-state index contributed by atoms with van der Waals surface area (Å²) in [5.74, 6) is 0.523. The summed E-state index contributed by atoms with van der Waals surface area (Å²) >= 11 is 0. The molecule has 0 saturated carbocycles. The van der Waals surface area contributed by atoms with Crippen LogP contribution >= 0.6 is 0 Å². The zero-order valence-corrected chi connectivity index (χ0v) is 10.9. The van der Waals surface area contributed by atoms with Gasteiger partial charge in [-0.1, -0.05) is 12.1 Å². The number of carbonyl (C=O) groups excluding carboxylic acids is 1. The van der Waals surface area contributed by atoms with E-state index < -0.39 is 0 Å². The lowest BCUT2D eigenvalue weighted by Gasteiger charge is -2.07. The number of benzene rings is 2. The lowest BCUT2D eigenvalue weighted by molar-refractivity contribution is 0.102. The predicted octanol–water partition coefficient (Wildman–Crippen LogP) is 2.82. The number of anilines is 1. The van der Waals surface area contributed by atoms with Crippen LogP contribution in [0.15, 0.2) is 48.7 Å². The number of aromatic nitrogens is 2. The highest BCUT2D eigenvalue weighted by Gasteiger charge is 2.11. The molecule has 0 aliphatic carbocycles. The highest BCUT2D eigenvalue weighted by atomic mass is 16.5. The van der Waals surface area contributed by atoms with Crippen molar-refractivity contribution in [3.05, 3.63) is 54.2 Å². The molecule has 1 aromatic heterocycles. The van der Waals surface area contributed by atoms with Crippen molar-refractivity contribution in [2.45, 2.75) is 0 Å². The molecule has 0 saturated heterocycles. The van der Waals surface area contributed by atoms with Crippen LogP contribution in [0.1, 0.15) is 10.4 Å². The molecule has 1 amide bonds. The van der Waals surface area contributed by atoms with Crippen molar-refractivity contribution in [2.24, 2.45) is 0 Å². The second kappa shape index (κ2) is 5.05. The Morgan fingerprint density at radius 1 is 1.25 bits per heavy atom. The smallest absolute Gasteiger partial charge is 0.256 e. The van der Waals surface area contributed by atoms with Gasteiger partial charge in [-0.2, -0.15) is 5.10 Å². The van der Waals surface area contributed by atoms with Crippen LogP contribution in [0.4, 0.5) is 5.69 Å². The van der Waals surface area contributed by atoms with Gasteiger partial charge in [0.1, 0.15) is 5.75 Å². The van der Waals surface area contributed by atoms with E-state index in [1.54, 1.807) is 25.4 Å². The highest BCUT2D eigenvalue weighted by Crippen LogP contribution is 2.20. The Balaban J connectivity index is 1.91. The molecule has 0 fully saturated rings. The minimum Gasteiger partial charge on any atom is -0.497 e. The maximum absolute atomic E-state index is 12.3. The number of H-pyrrole nitrogens is 1. The molecule has 100 valence electrons. The van der Waals surface area contributed by atoms with Crippen molar-refractivity contribution in [2.75, 3.05) is 12.4 Å². The number of carbonyl (C=O) groups is 1. The third-order valence-corrected chi connectivity index (χ3v) is 3.06. The Morgan fingerprint density at radius 2 is 2.10 bits per heavy atom. The topological polar surface area (TPSA) is 67.0 Å². The van der Waals surface area contributed by atoms with Gasteiger partial charge in [0, 0.05) is 17.1 Å². The van der Waals surface area contributed by atoms with Crippen molar-refractivity contribution in [3.63, 3.8) is 0 Å². The molecule has 0 aliphatic heterocycles. The number of hydrogen-bond donors (Lipinski definition) is 2. The molecule has 3 rings (SSSR count). The summed E-state index contributed by atoms with van der Waals surface area (Å²) in [4.78, 5) is 12.3. The van der Waals surface area contributed by atoms with Gasteiger partial charge in [0.2, 0.25) is 0 Å². The highest BCUT2D eigenvalue weighted by molar-refractivity contribution is 6.12. The summed E-state index contributed by atoms with van der Waals surface area (Å²) in [6.07, 6.45) is 1.65. The average Bonchev–Trinajstić information content (AvgIpc) is 2.95. The number of aromatic amines is 1. The van der Waals surface area contributed by atoms with Crippen LogP contribution in [-0.2, 0) is 0 Å². The monoisotopic (exact) mass is 267 g/mol. The molecule has 5 heteroatoms. The van der Waals surface area contributed by atoms with E-state index in [1.165, 1.54) is 0 Å². The molecular formula is C15H13N3O2. The molecule has 0 atom stereocenters. The van der Waals surface area contributed by atoms with Gasteiger partial charge in [-0.25, -0.2) is 0 Å². The van der Waals surface area contributed by atoms with E-state index in [9.17, 15) is 4.79 Å². The third kappa shape index (κ3) is 2.21.